The van der Waals surface area contributed by atoms with Gasteiger partial charge in [-0.1, -0.05) is 20.3 Å². The SMILES string of the molecule is CCCn1cncc1C(O)C1(CN)CCC(CC)C1. The van der Waals surface area contributed by atoms with Crippen LogP contribution in [-0.4, -0.2) is 21.2 Å². The molecule has 1 heterocycles. The molecule has 19 heavy (non-hydrogen) atoms. The summed E-state index contributed by atoms with van der Waals surface area (Å²) in [5.41, 5.74) is 6.81. The fourth-order valence-electron chi connectivity index (χ4n) is 3.46. The second kappa shape index (κ2) is 6.06. The Kier molecular flexibility index (Phi) is 4.63. The molecule has 0 bridgehead atoms. The number of aromatic nitrogens is 2. The Morgan fingerprint density at radius 2 is 2.37 bits per heavy atom. The molecular formula is C15H27N3O. The second-order valence-electron chi connectivity index (χ2n) is 6.00. The van der Waals surface area contributed by atoms with E-state index in [-0.39, 0.29) is 5.41 Å². The van der Waals surface area contributed by atoms with Gasteiger partial charge >= 0.3 is 0 Å². The molecule has 1 saturated carbocycles. The van der Waals surface area contributed by atoms with Crippen LogP contribution in [0.5, 0.6) is 0 Å². The highest BCUT2D eigenvalue weighted by molar-refractivity contribution is 5.10. The molecule has 1 aromatic rings. The van der Waals surface area contributed by atoms with E-state index < -0.39 is 6.10 Å². The Morgan fingerprint density at radius 3 is 2.95 bits per heavy atom. The third kappa shape index (κ3) is 2.70. The van der Waals surface area contributed by atoms with Crippen molar-refractivity contribution in [3.63, 3.8) is 0 Å². The van der Waals surface area contributed by atoms with Gasteiger partial charge in [0.1, 0.15) is 6.10 Å². The van der Waals surface area contributed by atoms with Crippen molar-refractivity contribution in [2.75, 3.05) is 6.54 Å². The molecule has 3 atom stereocenters. The molecule has 0 spiro atoms. The van der Waals surface area contributed by atoms with Gasteiger partial charge in [0.2, 0.25) is 0 Å². The van der Waals surface area contributed by atoms with Crippen LogP contribution in [0.3, 0.4) is 0 Å². The zero-order chi connectivity index (χ0) is 13.9. The molecule has 1 aliphatic carbocycles. The third-order valence-electron chi connectivity index (χ3n) is 4.80. The summed E-state index contributed by atoms with van der Waals surface area (Å²) in [6.07, 6.45) is 8.62. The Morgan fingerprint density at radius 1 is 1.58 bits per heavy atom. The largest absolute Gasteiger partial charge is 0.386 e. The van der Waals surface area contributed by atoms with E-state index >= 15 is 0 Å². The normalized spacial score (nSPS) is 28.7. The van der Waals surface area contributed by atoms with Gasteiger partial charge in [-0.2, -0.15) is 0 Å². The molecule has 0 radical (unpaired) electrons. The van der Waals surface area contributed by atoms with Gasteiger partial charge < -0.3 is 15.4 Å². The van der Waals surface area contributed by atoms with Crippen molar-refractivity contribution in [3.05, 3.63) is 18.2 Å². The van der Waals surface area contributed by atoms with Gasteiger partial charge in [0.15, 0.2) is 0 Å². The molecule has 1 aliphatic rings. The minimum absolute atomic E-state index is 0.147. The molecule has 3 unspecified atom stereocenters. The number of rotatable bonds is 6. The summed E-state index contributed by atoms with van der Waals surface area (Å²) in [5.74, 6) is 0.709. The Hall–Kier alpha value is -0.870. The third-order valence-corrected chi connectivity index (χ3v) is 4.80. The van der Waals surface area contributed by atoms with Crippen LogP contribution in [0.25, 0.3) is 0 Å². The first-order valence-corrected chi connectivity index (χ1v) is 7.55. The van der Waals surface area contributed by atoms with Gasteiger partial charge in [0.05, 0.1) is 18.2 Å². The van der Waals surface area contributed by atoms with Crippen molar-refractivity contribution in [1.82, 2.24) is 9.55 Å². The highest BCUT2D eigenvalue weighted by atomic mass is 16.3. The number of hydrogen-bond acceptors (Lipinski definition) is 3. The second-order valence-corrected chi connectivity index (χ2v) is 6.00. The summed E-state index contributed by atoms with van der Waals surface area (Å²) in [6, 6.07) is 0. The molecular weight excluding hydrogens is 238 g/mol. The predicted octanol–water partition coefficient (Wildman–Crippen LogP) is 2.48. The number of aliphatic hydroxyl groups excluding tert-OH is 1. The quantitative estimate of drug-likeness (QED) is 0.830. The van der Waals surface area contributed by atoms with Crippen molar-refractivity contribution in [1.29, 1.82) is 0 Å². The van der Waals surface area contributed by atoms with Crippen molar-refractivity contribution < 1.29 is 5.11 Å². The van der Waals surface area contributed by atoms with Gasteiger partial charge in [-0.15, -0.1) is 0 Å². The Labute approximate surface area is 116 Å². The molecule has 1 fully saturated rings. The number of nitrogens with two attached hydrogens (primary N) is 1. The first kappa shape index (κ1) is 14.5. The number of aryl methyl sites for hydroxylation is 1. The first-order chi connectivity index (χ1) is 9.16. The van der Waals surface area contributed by atoms with Crippen LogP contribution < -0.4 is 5.73 Å². The first-order valence-electron chi connectivity index (χ1n) is 7.55. The molecule has 0 saturated heterocycles. The van der Waals surface area contributed by atoms with E-state index in [9.17, 15) is 5.11 Å². The molecule has 3 N–H and O–H groups in total. The fourth-order valence-corrected chi connectivity index (χ4v) is 3.46. The van der Waals surface area contributed by atoms with Crippen LogP contribution >= 0.6 is 0 Å². The van der Waals surface area contributed by atoms with Crippen molar-refractivity contribution in [2.24, 2.45) is 17.1 Å². The average molecular weight is 265 g/mol. The van der Waals surface area contributed by atoms with Crippen LogP contribution in [0.1, 0.15) is 57.7 Å². The molecule has 0 aromatic carbocycles. The van der Waals surface area contributed by atoms with Gasteiger partial charge in [-0.3, -0.25) is 0 Å². The van der Waals surface area contributed by atoms with Crippen molar-refractivity contribution in [3.8, 4) is 0 Å². The summed E-state index contributed by atoms with van der Waals surface area (Å²) in [7, 11) is 0. The lowest BCUT2D eigenvalue weighted by Gasteiger charge is -2.33. The maximum atomic E-state index is 10.8. The lowest BCUT2D eigenvalue weighted by molar-refractivity contribution is 0.0240. The summed E-state index contributed by atoms with van der Waals surface area (Å²) < 4.78 is 2.07. The highest BCUT2D eigenvalue weighted by Gasteiger charge is 2.44. The van der Waals surface area contributed by atoms with E-state index in [1.807, 2.05) is 6.33 Å². The molecule has 1 aromatic heterocycles. The van der Waals surface area contributed by atoms with Crippen LogP contribution in [-0.2, 0) is 6.54 Å². The molecule has 4 heteroatoms. The smallest absolute Gasteiger partial charge is 0.102 e. The summed E-state index contributed by atoms with van der Waals surface area (Å²) >= 11 is 0. The van der Waals surface area contributed by atoms with Crippen LogP contribution in [0.2, 0.25) is 0 Å². The fraction of sp³-hybridized carbons (Fsp3) is 0.800. The number of nitrogens with zero attached hydrogens (tertiary/aromatic N) is 2. The Balaban J connectivity index is 2.21. The number of hydrogen-bond donors (Lipinski definition) is 2. The maximum absolute atomic E-state index is 10.8. The molecule has 0 amide bonds. The molecule has 0 aliphatic heterocycles. The zero-order valence-corrected chi connectivity index (χ0v) is 12.2. The highest BCUT2D eigenvalue weighted by Crippen LogP contribution is 2.50. The van der Waals surface area contributed by atoms with Gasteiger partial charge in [-0.25, -0.2) is 4.98 Å². The summed E-state index contributed by atoms with van der Waals surface area (Å²) in [4.78, 5) is 4.20. The monoisotopic (exact) mass is 265 g/mol. The van der Waals surface area contributed by atoms with E-state index in [1.165, 1.54) is 12.8 Å². The average Bonchev–Trinajstić information content (AvgIpc) is 3.05. The van der Waals surface area contributed by atoms with Gasteiger partial charge in [-0.05, 0) is 31.6 Å². The van der Waals surface area contributed by atoms with Crippen molar-refractivity contribution >= 4 is 0 Å². The lowest BCUT2D eigenvalue weighted by atomic mass is 9.78. The Bertz CT molecular complexity index is 404. The van der Waals surface area contributed by atoms with Crippen LogP contribution in [0.4, 0.5) is 0 Å². The minimum Gasteiger partial charge on any atom is -0.386 e. The van der Waals surface area contributed by atoms with Gasteiger partial charge in [0, 0.05) is 18.5 Å². The number of imidazole rings is 1. The van der Waals surface area contributed by atoms with Crippen LogP contribution in [0.15, 0.2) is 12.5 Å². The molecule has 108 valence electrons. The maximum Gasteiger partial charge on any atom is 0.102 e. The zero-order valence-electron chi connectivity index (χ0n) is 12.2. The summed E-state index contributed by atoms with van der Waals surface area (Å²) in [6.45, 7) is 5.83. The van der Waals surface area contributed by atoms with E-state index in [1.54, 1.807) is 6.20 Å². The van der Waals surface area contributed by atoms with Crippen LogP contribution in [0, 0.1) is 11.3 Å². The lowest BCUT2D eigenvalue weighted by Crippen LogP contribution is -2.35. The van der Waals surface area contributed by atoms with E-state index in [4.69, 9.17) is 5.73 Å². The molecule has 2 rings (SSSR count). The molecule has 4 nitrogen and oxygen atoms in total. The topological polar surface area (TPSA) is 64.1 Å². The minimum atomic E-state index is -0.483. The van der Waals surface area contributed by atoms with E-state index in [0.717, 1.165) is 31.5 Å². The number of aliphatic hydroxyl groups is 1. The predicted molar refractivity (Wildman–Crippen MR) is 76.6 cm³/mol. The van der Waals surface area contributed by atoms with E-state index in [2.05, 4.69) is 23.4 Å². The summed E-state index contributed by atoms with van der Waals surface area (Å²) in [5, 5.41) is 10.8. The van der Waals surface area contributed by atoms with E-state index in [0.29, 0.717) is 12.5 Å². The van der Waals surface area contributed by atoms with Gasteiger partial charge in [0.25, 0.3) is 0 Å². The van der Waals surface area contributed by atoms with Crippen molar-refractivity contribution in [2.45, 2.75) is 58.6 Å². The standard InChI is InChI=1S/C15H27N3O/c1-3-7-18-11-17-9-13(18)14(19)15(10-16)6-5-12(4-2)8-15/h9,11-12,14,19H,3-8,10,16H2,1-2H3.